The molecule has 196 valence electrons. The molecule has 0 spiro atoms. The fourth-order valence-electron chi connectivity index (χ4n) is 3.85. The molecule has 2 aliphatic rings. The standard InChI is InChI=1S/C11H21NO2.C8H16.C4H6O2.2CO2/c1-4-11(2)7-5-8-12(11)9-6-10(13)14-3;1-3-8(2)6-4-5-7-8;1-3-4(5)6-2;2*2-1-3/h4-9H2,1-3H3;3-7H2,1-2H3;3H,1H2,2H3;;. The first-order chi connectivity index (χ1) is 16.0. The highest BCUT2D eigenvalue weighted by Gasteiger charge is 2.34. The van der Waals surface area contributed by atoms with Crippen molar-refractivity contribution in [1.29, 1.82) is 0 Å². The monoisotopic (exact) mass is 485 g/mol. The molecule has 1 aliphatic heterocycles. The largest absolute Gasteiger partial charge is 0.469 e. The van der Waals surface area contributed by atoms with E-state index in [9.17, 15) is 9.59 Å². The van der Waals surface area contributed by atoms with E-state index in [2.05, 4.69) is 48.6 Å². The van der Waals surface area contributed by atoms with Gasteiger partial charge < -0.3 is 9.47 Å². The maximum Gasteiger partial charge on any atom is 0.373 e. The molecular formula is C25H43NO8. The molecule has 1 heterocycles. The second-order valence-corrected chi connectivity index (χ2v) is 8.53. The number of nitrogens with zero attached hydrogens (tertiary/aromatic N) is 1. The van der Waals surface area contributed by atoms with Crippen LogP contribution in [-0.2, 0) is 38.2 Å². The molecule has 1 aliphatic carbocycles. The van der Waals surface area contributed by atoms with Gasteiger partial charge in [0.25, 0.3) is 0 Å². The summed E-state index contributed by atoms with van der Waals surface area (Å²) in [5.74, 6) is -0.495. The van der Waals surface area contributed by atoms with Gasteiger partial charge in [-0.3, -0.25) is 9.69 Å². The maximum absolute atomic E-state index is 11.0. The Labute approximate surface area is 204 Å². The van der Waals surface area contributed by atoms with Crippen LogP contribution in [0.4, 0.5) is 0 Å². The van der Waals surface area contributed by atoms with Gasteiger partial charge in [-0.2, -0.15) is 19.2 Å². The number of likely N-dealkylation sites (tertiary alicyclic amines) is 1. The summed E-state index contributed by atoms with van der Waals surface area (Å²) >= 11 is 0. The van der Waals surface area contributed by atoms with Crippen molar-refractivity contribution in [3.63, 3.8) is 0 Å². The summed E-state index contributed by atoms with van der Waals surface area (Å²) in [6, 6.07) is 0. The molecule has 0 N–H and O–H groups in total. The van der Waals surface area contributed by atoms with Crippen LogP contribution in [0.2, 0.25) is 0 Å². The number of methoxy groups -OCH3 is 2. The third kappa shape index (κ3) is 17.9. The van der Waals surface area contributed by atoms with Crippen LogP contribution in [0.3, 0.4) is 0 Å². The number of rotatable bonds is 6. The van der Waals surface area contributed by atoms with Crippen LogP contribution >= 0.6 is 0 Å². The highest BCUT2D eigenvalue weighted by molar-refractivity contribution is 5.80. The zero-order valence-corrected chi connectivity index (χ0v) is 21.8. The molecule has 1 unspecified atom stereocenters. The fraction of sp³-hybridized carbons (Fsp3) is 0.760. The van der Waals surface area contributed by atoms with E-state index >= 15 is 0 Å². The van der Waals surface area contributed by atoms with E-state index in [0.29, 0.717) is 12.0 Å². The summed E-state index contributed by atoms with van der Waals surface area (Å²) < 4.78 is 8.79. The molecule has 0 aromatic carbocycles. The second-order valence-electron chi connectivity index (χ2n) is 8.53. The minimum Gasteiger partial charge on any atom is -0.469 e. The van der Waals surface area contributed by atoms with Gasteiger partial charge in [0.1, 0.15) is 0 Å². The quantitative estimate of drug-likeness (QED) is 0.406. The van der Waals surface area contributed by atoms with Gasteiger partial charge in [0.15, 0.2) is 0 Å². The SMILES string of the molecule is C=CC(=O)OC.CCC1(C)CCCC1.CCC1(C)CCCN1CCC(=O)OC.O=C=O.O=C=O. The van der Waals surface area contributed by atoms with Gasteiger partial charge >= 0.3 is 24.2 Å². The van der Waals surface area contributed by atoms with Crippen molar-refractivity contribution in [2.24, 2.45) is 5.41 Å². The van der Waals surface area contributed by atoms with Gasteiger partial charge in [-0.15, -0.1) is 0 Å². The topological polar surface area (TPSA) is 124 Å². The molecule has 9 heteroatoms. The average Bonchev–Trinajstić information content (AvgIpc) is 3.45. The minimum absolute atomic E-state index is 0.102. The molecule has 1 saturated heterocycles. The van der Waals surface area contributed by atoms with E-state index in [-0.39, 0.29) is 18.3 Å². The number of carbonyl (C=O) groups is 2. The minimum atomic E-state index is -0.394. The van der Waals surface area contributed by atoms with Crippen molar-refractivity contribution < 1.29 is 38.2 Å². The molecule has 9 nitrogen and oxygen atoms in total. The Balaban J connectivity index is -0.000000408. The summed E-state index contributed by atoms with van der Waals surface area (Å²) in [5.41, 5.74) is 1.05. The van der Waals surface area contributed by atoms with Crippen LogP contribution in [0, 0.1) is 5.41 Å². The van der Waals surface area contributed by atoms with Crippen molar-refractivity contribution in [3.8, 4) is 0 Å². The van der Waals surface area contributed by atoms with Gasteiger partial charge in [-0.05, 0) is 51.0 Å². The summed E-state index contributed by atoms with van der Waals surface area (Å²) in [6.45, 7) is 14.4. The van der Waals surface area contributed by atoms with Gasteiger partial charge in [0.2, 0.25) is 0 Å². The fourth-order valence-corrected chi connectivity index (χ4v) is 3.85. The Bertz CT molecular complexity index is 619. The molecule has 0 aromatic heterocycles. The van der Waals surface area contributed by atoms with Crippen LogP contribution in [0.25, 0.3) is 0 Å². The lowest BCUT2D eigenvalue weighted by Gasteiger charge is -2.34. The van der Waals surface area contributed by atoms with E-state index in [0.717, 1.165) is 31.0 Å². The first kappa shape index (κ1) is 36.0. The highest BCUT2D eigenvalue weighted by atomic mass is 16.5. The lowest BCUT2D eigenvalue weighted by Crippen LogP contribution is -2.41. The van der Waals surface area contributed by atoms with Crippen LogP contribution in [-0.4, -0.2) is 62.0 Å². The molecule has 2 fully saturated rings. The average molecular weight is 486 g/mol. The number of esters is 2. The van der Waals surface area contributed by atoms with E-state index < -0.39 is 5.97 Å². The predicted octanol–water partition coefficient (Wildman–Crippen LogP) is 3.97. The Morgan fingerprint density at radius 3 is 1.71 bits per heavy atom. The van der Waals surface area contributed by atoms with Crippen LogP contribution in [0.5, 0.6) is 0 Å². The lowest BCUT2D eigenvalue weighted by molar-refractivity contribution is -0.193. The number of carbonyl (C=O) groups excluding carboxylic acids is 6. The van der Waals surface area contributed by atoms with E-state index in [1.807, 2.05) is 0 Å². The summed E-state index contributed by atoms with van der Waals surface area (Å²) in [7, 11) is 2.76. The van der Waals surface area contributed by atoms with Gasteiger partial charge in [0.05, 0.1) is 20.6 Å². The molecule has 34 heavy (non-hydrogen) atoms. The van der Waals surface area contributed by atoms with Crippen LogP contribution < -0.4 is 0 Å². The molecule has 0 aromatic rings. The van der Waals surface area contributed by atoms with Crippen molar-refractivity contribution in [3.05, 3.63) is 12.7 Å². The lowest BCUT2D eigenvalue weighted by atomic mass is 9.86. The van der Waals surface area contributed by atoms with Crippen molar-refractivity contribution >= 4 is 24.2 Å². The molecule has 1 saturated carbocycles. The van der Waals surface area contributed by atoms with Crippen LogP contribution in [0.1, 0.15) is 85.5 Å². The van der Waals surface area contributed by atoms with Gasteiger partial charge in [-0.1, -0.05) is 46.6 Å². The smallest absolute Gasteiger partial charge is 0.373 e. The van der Waals surface area contributed by atoms with E-state index in [1.54, 1.807) is 0 Å². The Hall–Kier alpha value is -2.60. The highest BCUT2D eigenvalue weighted by Crippen LogP contribution is 2.39. The second kappa shape index (κ2) is 22.2. The summed E-state index contributed by atoms with van der Waals surface area (Å²) in [5, 5.41) is 0. The Morgan fingerprint density at radius 1 is 0.912 bits per heavy atom. The predicted molar refractivity (Wildman–Crippen MR) is 125 cm³/mol. The van der Waals surface area contributed by atoms with E-state index in [4.69, 9.17) is 19.2 Å². The first-order valence-electron chi connectivity index (χ1n) is 11.5. The van der Waals surface area contributed by atoms with Gasteiger partial charge in [0, 0.05) is 18.2 Å². The number of hydrogen-bond donors (Lipinski definition) is 0. The summed E-state index contributed by atoms with van der Waals surface area (Å²) in [6.07, 6.45) is 13.1. The number of hydrogen-bond acceptors (Lipinski definition) is 9. The normalized spacial score (nSPS) is 19.4. The number of ether oxygens (including phenoxy) is 2. The third-order valence-electron chi connectivity index (χ3n) is 6.51. The molecule has 0 radical (unpaired) electrons. The van der Waals surface area contributed by atoms with Crippen molar-refractivity contribution in [2.75, 3.05) is 27.3 Å². The maximum atomic E-state index is 11.0. The molecular weight excluding hydrogens is 442 g/mol. The molecule has 1 atom stereocenters. The Morgan fingerprint density at radius 2 is 1.41 bits per heavy atom. The Kier molecular flexibility index (Phi) is 23.5. The van der Waals surface area contributed by atoms with Crippen molar-refractivity contribution in [2.45, 2.75) is 91.0 Å². The van der Waals surface area contributed by atoms with Gasteiger partial charge in [-0.25, -0.2) is 4.79 Å². The first-order valence-corrected chi connectivity index (χ1v) is 11.5. The summed E-state index contributed by atoms with van der Waals surface area (Å²) in [4.78, 5) is 55.8. The zero-order chi connectivity index (χ0) is 27.0. The molecule has 0 amide bonds. The van der Waals surface area contributed by atoms with E-state index in [1.165, 1.54) is 59.2 Å². The third-order valence-corrected chi connectivity index (χ3v) is 6.51. The molecule has 2 rings (SSSR count). The molecule has 0 bridgehead atoms. The van der Waals surface area contributed by atoms with Crippen LogP contribution in [0.15, 0.2) is 12.7 Å². The van der Waals surface area contributed by atoms with Crippen molar-refractivity contribution in [1.82, 2.24) is 4.90 Å². The zero-order valence-electron chi connectivity index (χ0n) is 21.8.